The maximum Gasteiger partial charge on any atom is 0.135 e. The Balaban J connectivity index is 2.77. The summed E-state index contributed by atoms with van der Waals surface area (Å²) >= 11 is 117. The molecule has 40 heavy (non-hydrogen) atoms. The van der Waals surface area contributed by atoms with Crippen LogP contribution in [-0.2, 0) is 0 Å². The van der Waals surface area contributed by atoms with Crippen molar-refractivity contribution in [3.8, 4) is 0 Å². The smallest absolute Gasteiger partial charge is 0.0999 e. The Hall–Kier alpha value is 2.88. The molecule has 0 heterocycles. The van der Waals surface area contributed by atoms with Crippen molar-refractivity contribution in [1.29, 1.82) is 0 Å². The maximum absolute atomic E-state index is 6.85. The normalized spacial score (nSPS) is 12.2. The van der Waals surface area contributed by atoms with Crippen molar-refractivity contribution in [2.24, 2.45) is 0 Å². The largest absolute Gasteiger partial charge is 0.135 e. The van der Waals surface area contributed by atoms with Crippen LogP contribution in [0.2, 0.25) is 60.3 Å². The van der Waals surface area contributed by atoms with E-state index in [4.69, 9.17) is 209 Å². The van der Waals surface area contributed by atoms with E-state index in [1.807, 2.05) is 0 Å². The summed E-state index contributed by atoms with van der Waals surface area (Å²) in [6.45, 7) is 0. The maximum atomic E-state index is 6.85. The van der Waals surface area contributed by atoms with E-state index in [9.17, 15) is 0 Å². The van der Waals surface area contributed by atoms with Crippen LogP contribution in [0, 0.1) is 0 Å². The monoisotopic (exact) mass is 897 g/mol. The van der Waals surface area contributed by atoms with Crippen molar-refractivity contribution in [3.63, 3.8) is 0 Å². The van der Waals surface area contributed by atoms with Gasteiger partial charge in [-0.15, -0.1) is 0 Å². The van der Waals surface area contributed by atoms with E-state index in [0.717, 1.165) is 0 Å². The predicted molar refractivity (Wildman–Crippen MR) is 184 cm³/mol. The standard InChI is InChI=1S/C22H4Cl18/c23-8-2(11(26)17(32)14(29)5(8)20(35)36)1(3-9(24)6(21(37)38)15(30)18(33)12(3)27)4-10(25)7(22(39)40)16(31)19(34)13(4)28/h1,20-22H. The van der Waals surface area contributed by atoms with Crippen molar-refractivity contribution in [2.45, 2.75) is 20.4 Å². The van der Waals surface area contributed by atoms with E-state index >= 15 is 0 Å². The van der Waals surface area contributed by atoms with Crippen molar-refractivity contribution < 1.29 is 0 Å². The second kappa shape index (κ2) is 14.8. The zero-order valence-corrected chi connectivity index (χ0v) is 31.7. The number of hydrogen-bond acceptors (Lipinski definition) is 0. The Morgan fingerprint density at radius 3 is 0.575 bits per heavy atom. The predicted octanol–water partition coefficient (Wildman–Crippen LogP) is 17.1. The number of alkyl halides is 6. The molecule has 0 bridgehead atoms. The molecule has 0 saturated heterocycles. The fraction of sp³-hybridized carbons (Fsp3) is 0.182. The van der Waals surface area contributed by atoms with Crippen molar-refractivity contribution in [1.82, 2.24) is 0 Å². The lowest BCUT2D eigenvalue weighted by Gasteiger charge is -2.30. The molecule has 3 rings (SSSR count). The molecule has 0 aliphatic carbocycles. The lowest BCUT2D eigenvalue weighted by Crippen LogP contribution is -2.13. The van der Waals surface area contributed by atoms with Gasteiger partial charge in [-0.05, 0) is 0 Å². The highest BCUT2D eigenvalue weighted by Crippen LogP contribution is 2.59. The summed E-state index contributed by atoms with van der Waals surface area (Å²) in [5.74, 6) is -1.37. The van der Waals surface area contributed by atoms with Crippen molar-refractivity contribution >= 4 is 209 Å². The zero-order chi connectivity index (χ0) is 30.7. The third-order valence-corrected chi connectivity index (χ3v) is 12.1. The Bertz CT molecular complexity index is 1330. The summed E-state index contributed by atoms with van der Waals surface area (Å²) in [5, 5.41) is -2.02. The summed E-state index contributed by atoms with van der Waals surface area (Å²) in [4.78, 5) is -3.86. The summed E-state index contributed by atoms with van der Waals surface area (Å²) in [7, 11) is 0. The number of rotatable bonds is 6. The van der Waals surface area contributed by atoms with E-state index in [1.165, 1.54) is 0 Å². The summed E-state index contributed by atoms with van der Waals surface area (Å²) in [6, 6.07) is 0. The van der Waals surface area contributed by atoms with Gasteiger partial charge in [0.25, 0.3) is 0 Å². The minimum Gasteiger partial charge on any atom is -0.0999 e. The molecule has 0 N–H and O–H groups in total. The van der Waals surface area contributed by atoms with Crippen LogP contribution in [-0.4, -0.2) is 0 Å². The Labute approximate surface area is 318 Å². The first kappa shape index (κ1) is 37.3. The summed E-state index contributed by atoms with van der Waals surface area (Å²) in [5.41, 5.74) is -0.117. The fourth-order valence-corrected chi connectivity index (χ4v) is 9.82. The second-order valence-electron chi connectivity index (χ2n) is 7.58. The fourth-order valence-electron chi connectivity index (χ4n) is 3.78. The molecule has 0 spiro atoms. The molecule has 0 unspecified atom stereocenters. The van der Waals surface area contributed by atoms with Crippen LogP contribution in [0.15, 0.2) is 0 Å². The summed E-state index contributed by atoms with van der Waals surface area (Å²) < 4.78 is 0. The van der Waals surface area contributed by atoms with Gasteiger partial charge in [-0.1, -0.05) is 209 Å². The Morgan fingerprint density at radius 1 is 0.225 bits per heavy atom. The van der Waals surface area contributed by atoms with Gasteiger partial charge in [-0.2, -0.15) is 0 Å². The third-order valence-electron chi connectivity index (χ3n) is 5.51. The van der Waals surface area contributed by atoms with Gasteiger partial charge in [0.1, 0.15) is 14.5 Å². The van der Waals surface area contributed by atoms with Gasteiger partial charge >= 0.3 is 0 Å². The number of benzene rings is 3. The Morgan fingerprint density at radius 2 is 0.400 bits per heavy atom. The molecule has 3 aromatic carbocycles. The minimum absolute atomic E-state index is 0.0127. The molecule has 0 amide bonds. The topological polar surface area (TPSA) is 0 Å². The molecule has 0 saturated carbocycles. The van der Waals surface area contributed by atoms with Crippen LogP contribution in [0.25, 0.3) is 0 Å². The molecular weight excluding hydrogens is 902 g/mol. The van der Waals surface area contributed by atoms with Crippen LogP contribution in [0.5, 0.6) is 0 Å². The molecule has 3 aromatic rings. The zero-order valence-electron chi connectivity index (χ0n) is 18.1. The first-order valence-corrected chi connectivity index (χ1v) is 17.0. The van der Waals surface area contributed by atoms with Gasteiger partial charge < -0.3 is 0 Å². The van der Waals surface area contributed by atoms with Gasteiger partial charge in [-0.3, -0.25) is 0 Å². The molecule has 0 atom stereocenters. The number of hydrogen-bond donors (Lipinski definition) is 0. The van der Waals surface area contributed by atoms with Crippen LogP contribution in [0.4, 0.5) is 0 Å². The average Bonchev–Trinajstić information content (AvgIpc) is 2.84. The highest BCUT2D eigenvalue weighted by Gasteiger charge is 2.39. The molecular formula is C22H4Cl18. The lowest BCUT2D eigenvalue weighted by molar-refractivity contribution is 0.965. The van der Waals surface area contributed by atoms with Gasteiger partial charge in [0.15, 0.2) is 0 Å². The Kier molecular flexibility index (Phi) is 13.8. The first-order valence-electron chi connectivity index (χ1n) is 9.81. The van der Waals surface area contributed by atoms with Crippen molar-refractivity contribution in [3.05, 3.63) is 93.7 Å². The third kappa shape index (κ3) is 6.65. The molecule has 0 fully saturated rings. The van der Waals surface area contributed by atoms with Crippen LogP contribution in [0.3, 0.4) is 0 Å². The number of halogens is 18. The molecule has 0 radical (unpaired) electrons. The van der Waals surface area contributed by atoms with Gasteiger partial charge in [0.05, 0.1) is 60.3 Å². The second-order valence-corrected chi connectivity index (χ2v) is 15.4. The highest BCUT2D eigenvalue weighted by atomic mass is 35.5. The van der Waals surface area contributed by atoms with Crippen molar-refractivity contribution in [2.75, 3.05) is 0 Å². The van der Waals surface area contributed by atoms with Crippen LogP contribution in [0.1, 0.15) is 53.8 Å². The molecule has 218 valence electrons. The molecule has 0 nitrogen and oxygen atoms in total. The van der Waals surface area contributed by atoms with E-state index in [-0.39, 0.29) is 93.7 Å². The van der Waals surface area contributed by atoms with E-state index < -0.39 is 20.4 Å². The quantitative estimate of drug-likeness (QED) is 0.100. The van der Waals surface area contributed by atoms with Crippen LogP contribution >= 0.6 is 209 Å². The minimum atomic E-state index is -1.37. The molecule has 0 aromatic heterocycles. The summed E-state index contributed by atoms with van der Waals surface area (Å²) in [6.07, 6.45) is 0. The van der Waals surface area contributed by atoms with Gasteiger partial charge in [-0.25, -0.2) is 0 Å². The molecule has 0 aliphatic heterocycles. The van der Waals surface area contributed by atoms with E-state index in [2.05, 4.69) is 0 Å². The van der Waals surface area contributed by atoms with E-state index in [1.54, 1.807) is 0 Å². The van der Waals surface area contributed by atoms with Gasteiger partial charge in [0, 0.05) is 39.3 Å². The van der Waals surface area contributed by atoms with E-state index in [0.29, 0.717) is 0 Å². The SMILES string of the molecule is Clc1c(Cl)c(C(Cl)Cl)c(Cl)c(C(c2c(Cl)c(Cl)c(Cl)c(C(Cl)Cl)c2Cl)c2c(Cl)c(Cl)c(Cl)c(C(Cl)Cl)c2Cl)c1Cl. The molecule has 0 aliphatic rings. The first-order chi connectivity index (χ1) is 18.4. The highest BCUT2D eigenvalue weighted by molar-refractivity contribution is 6.56. The lowest BCUT2D eigenvalue weighted by atomic mass is 9.82. The van der Waals surface area contributed by atoms with Crippen LogP contribution < -0.4 is 0 Å². The average molecular weight is 906 g/mol. The van der Waals surface area contributed by atoms with Gasteiger partial charge in [0.2, 0.25) is 0 Å². The molecule has 18 heteroatoms.